The van der Waals surface area contributed by atoms with Crippen molar-refractivity contribution in [2.45, 2.75) is 90.4 Å². The third-order valence-corrected chi connectivity index (χ3v) is 9.34. The first kappa shape index (κ1) is 17.3. The number of aliphatic hydroxyl groups is 3. The minimum Gasteiger partial charge on any atom is -0.393 e. The fourth-order valence-corrected chi connectivity index (χ4v) is 8.11. The lowest BCUT2D eigenvalue weighted by atomic mass is 9.44. The van der Waals surface area contributed by atoms with Crippen LogP contribution in [0.3, 0.4) is 0 Å². The molecule has 4 aliphatic carbocycles. The van der Waals surface area contributed by atoms with Gasteiger partial charge in [-0.05, 0) is 98.7 Å². The van der Waals surface area contributed by atoms with Crippen LogP contribution in [0.5, 0.6) is 0 Å². The van der Waals surface area contributed by atoms with Crippen LogP contribution in [-0.4, -0.2) is 33.6 Å². The molecule has 0 spiro atoms. The highest BCUT2D eigenvalue weighted by Gasteiger charge is 2.61. The standard InChI is InChI=1S/C21H36O3/c1-12(22)15-6-7-16-14-5-4-13-10-18(23)19(24)11-21(13,3)17(14)8-9-20(15,16)2/h12-19,22-24H,4-11H2,1-3H3/t12-,13-,14-,15+,16-,17-,18-,19+,20+,21-/m0/s1. The quantitative estimate of drug-likeness (QED) is 0.688. The van der Waals surface area contributed by atoms with E-state index in [-0.39, 0.29) is 11.5 Å². The van der Waals surface area contributed by atoms with Crippen LogP contribution in [0.2, 0.25) is 0 Å². The van der Waals surface area contributed by atoms with Gasteiger partial charge in [0, 0.05) is 0 Å². The van der Waals surface area contributed by atoms with E-state index in [0.29, 0.717) is 23.2 Å². The molecule has 4 rings (SSSR count). The second-order valence-electron chi connectivity index (χ2n) is 10.2. The normalized spacial score (nSPS) is 58.5. The third-order valence-electron chi connectivity index (χ3n) is 9.34. The second-order valence-corrected chi connectivity index (χ2v) is 10.2. The Morgan fingerprint density at radius 3 is 2.29 bits per heavy atom. The average molecular weight is 337 g/mol. The van der Waals surface area contributed by atoms with Crippen molar-refractivity contribution in [3.63, 3.8) is 0 Å². The van der Waals surface area contributed by atoms with E-state index in [1.54, 1.807) is 0 Å². The Kier molecular flexibility index (Phi) is 4.10. The van der Waals surface area contributed by atoms with Gasteiger partial charge in [-0.3, -0.25) is 0 Å². The number of fused-ring (bicyclic) bond motifs is 5. The van der Waals surface area contributed by atoms with Crippen molar-refractivity contribution in [2.75, 3.05) is 0 Å². The zero-order valence-electron chi connectivity index (χ0n) is 15.6. The summed E-state index contributed by atoms with van der Waals surface area (Å²) in [5.41, 5.74) is 0.511. The Labute approximate surface area is 146 Å². The Hall–Kier alpha value is -0.120. The molecule has 4 saturated carbocycles. The molecule has 4 fully saturated rings. The highest BCUT2D eigenvalue weighted by Crippen LogP contribution is 2.67. The van der Waals surface area contributed by atoms with Crippen molar-refractivity contribution in [3.8, 4) is 0 Å². The van der Waals surface area contributed by atoms with Crippen molar-refractivity contribution in [3.05, 3.63) is 0 Å². The fraction of sp³-hybridized carbons (Fsp3) is 1.00. The number of rotatable bonds is 1. The lowest BCUT2D eigenvalue weighted by Gasteiger charge is -2.61. The van der Waals surface area contributed by atoms with Gasteiger partial charge in [0.1, 0.15) is 0 Å². The molecule has 0 aromatic rings. The maximum atomic E-state index is 10.3. The molecule has 3 nitrogen and oxygen atoms in total. The lowest BCUT2D eigenvalue weighted by molar-refractivity contribution is -0.162. The summed E-state index contributed by atoms with van der Waals surface area (Å²) in [7, 11) is 0. The van der Waals surface area contributed by atoms with Crippen LogP contribution in [0.1, 0.15) is 72.1 Å². The van der Waals surface area contributed by atoms with Crippen molar-refractivity contribution < 1.29 is 15.3 Å². The molecule has 0 aromatic carbocycles. The van der Waals surface area contributed by atoms with Crippen LogP contribution in [0, 0.1) is 40.4 Å². The number of hydrogen-bond acceptors (Lipinski definition) is 3. The van der Waals surface area contributed by atoms with Gasteiger partial charge in [-0.1, -0.05) is 13.8 Å². The van der Waals surface area contributed by atoms with Gasteiger partial charge in [0.05, 0.1) is 18.3 Å². The third kappa shape index (κ3) is 2.27. The Morgan fingerprint density at radius 1 is 0.875 bits per heavy atom. The van der Waals surface area contributed by atoms with E-state index in [1.165, 1.54) is 38.5 Å². The SMILES string of the molecule is C[C@H](O)[C@H]1CC[C@H]2[C@@H]3CC[C@H]4C[C@H](O)[C@H](O)C[C@]4(C)[C@H]3CC[C@]12C. The zero-order chi connectivity index (χ0) is 17.3. The summed E-state index contributed by atoms with van der Waals surface area (Å²) in [6, 6.07) is 0. The topological polar surface area (TPSA) is 60.7 Å². The summed E-state index contributed by atoms with van der Waals surface area (Å²) in [6.07, 6.45) is 7.78. The lowest BCUT2D eigenvalue weighted by Crippen LogP contribution is -2.57. The molecule has 0 aromatic heterocycles. The molecular weight excluding hydrogens is 300 g/mol. The summed E-state index contributed by atoms with van der Waals surface area (Å²) < 4.78 is 0. The molecule has 0 heterocycles. The predicted octanol–water partition coefficient (Wildman–Crippen LogP) is 3.36. The average Bonchev–Trinajstić information content (AvgIpc) is 2.86. The van der Waals surface area contributed by atoms with Crippen LogP contribution >= 0.6 is 0 Å². The number of hydrogen-bond donors (Lipinski definition) is 3. The highest BCUT2D eigenvalue weighted by atomic mass is 16.3. The summed E-state index contributed by atoms with van der Waals surface area (Å²) in [4.78, 5) is 0. The summed E-state index contributed by atoms with van der Waals surface area (Å²) >= 11 is 0. The van der Waals surface area contributed by atoms with Gasteiger partial charge in [0.2, 0.25) is 0 Å². The smallest absolute Gasteiger partial charge is 0.0804 e. The van der Waals surface area contributed by atoms with Crippen molar-refractivity contribution in [1.82, 2.24) is 0 Å². The fourth-order valence-electron chi connectivity index (χ4n) is 8.11. The van der Waals surface area contributed by atoms with Gasteiger partial charge in [0.15, 0.2) is 0 Å². The van der Waals surface area contributed by atoms with Crippen molar-refractivity contribution >= 4 is 0 Å². The first-order valence-corrected chi connectivity index (χ1v) is 10.3. The molecule has 3 heteroatoms. The van der Waals surface area contributed by atoms with Crippen LogP contribution in [0.15, 0.2) is 0 Å². The molecular formula is C21H36O3. The van der Waals surface area contributed by atoms with E-state index in [0.717, 1.165) is 24.7 Å². The molecule has 138 valence electrons. The van der Waals surface area contributed by atoms with Crippen LogP contribution in [0.4, 0.5) is 0 Å². The van der Waals surface area contributed by atoms with E-state index in [2.05, 4.69) is 13.8 Å². The molecule has 0 bridgehead atoms. The Balaban J connectivity index is 1.61. The van der Waals surface area contributed by atoms with Gasteiger partial charge >= 0.3 is 0 Å². The maximum Gasteiger partial charge on any atom is 0.0804 e. The Bertz CT molecular complexity index is 491. The maximum absolute atomic E-state index is 10.3. The molecule has 10 atom stereocenters. The second kappa shape index (κ2) is 5.69. The monoisotopic (exact) mass is 336 g/mol. The van der Waals surface area contributed by atoms with E-state index < -0.39 is 12.2 Å². The molecule has 0 amide bonds. The first-order chi connectivity index (χ1) is 11.3. The van der Waals surface area contributed by atoms with Gasteiger partial charge in [-0.25, -0.2) is 0 Å². The van der Waals surface area contributed by atoms with Crippen LogP contribution in [-0.2, 0) is 0 Å². The van der Waals surface area contributed by atoms with E-state index >= 15 is 0 Å². The number of aliphatic hydroxyl groups excluding tert-OH is 3. The summed E-state index contributed by atoms with van der Waals surface area (Å²) in [5.74, 6) is 3.25. The van der Waals surface area contributed by atoms with Gasteiger partial charge in [-0.15, -0.1) is 0 Å². The van der Waals surface area contributed by atoms with Crippen LogP contribution < -0.4 is 0 Å². The molecule has 0 saturated heterocycles. The minimum atomic E-state index is -0.535. The molecule has 24 heavy (non-hydrogen) atoms. The van der Waals surface area contributed by atoms with Gasteiger partial charge in [0.25, 0.3) is 0 Å². The van der Waals surface area contributed by atoms with Gasteiger partial charge < -0.3 is 15.3 Å². The molecule has 3 N–H and O–H groups in total. The first-order valence-electron chi connectivity index (χ1n) is 10.3. The van der Waals surface area contributed by atoms with Crippen molar-refractivity contribution in [2.24, 2.45) is 40.4 Å². The molecule has 4 aliphatic rings. The Morgan fingerprint density at radius 2 is 1.58 bits per heavy atom. The molecule has 0 aliphatic heterocycles. The largest absolute Gasteiger partial charge is 0.393 e. The molecule has 0 radical (unpaired) electrons. The minimum absolute atomic E-state index is 0.185. The van der Waals surface area contributed by atoms with E-state index in [1.807, 2.05) is 6.92 Å². The predicted molar refractivity (Wildman–Crippen MR) is 94.3 cm³/mol. The van der Waals surface area contributed by atoms with Crippen LogP contribution in [0.25, 0.3) is 0 Å². The van der Waals surface area contributed by atoms with E-state index in [9.17, 15) is 15.3 Å². The summed E-state index contributed by atoms with van der Waals surface area (Å²) in [5, 5.41) is 30.8. The highest BCUT2D eigenvalue weighted by molar-refractivity contribution is 5.10. The van der Waals surface area contributed by atoms with E-state index in [4.69, 9.17) is 0 Å². The van der Waals surface area contributed by atoms with Gasteiger partial charge in [-0.2, -0.15) is 0 Å². The van der Waals surface area contributed by atoms with Crippen molar-refractivity contribution in [1.29, 1.82) is 0 Å². The molecule has 0 unspecified atom stereocenters. The summed E-state index contributed by atoms with van der Waals surface area (Å²) in [6.45, 7) is 6.85. The zero-order valence-corrected chi connectivity index (χ0v) is 15.6.